The molecule has 0 N–H and O–H groups in total. The van der Waals surface area contributed by atoms with Crippen molar-refractivity contribution in [3.63, 3.8) is 0 Å². The van der Waals surface area contributed by atoms with Gasteiger partial charge in [-0.1, -0.05) is 0 Å². The Morgan fingerprint density at radius 2 is 2.20 bits per heavy atom. The van der Waals surface area contributed by atoms with Crippen LogP contribution in [0.1, 0.15) is 17.5 Å². The van der Waals surface area contributed by atoms with E-state index in [-0.39, 0.29) is 5.88 Å². The van der Waals surface area contributed by atoms with Gasteiger partial charge in [-0.3, -0.25) is 0 Å². The summed E-state index contributed by atoms with van der Waals surface area (Å²) in [5.74, 6) is 2.66. The van der Waals surface area contributed by atoms with Crippen LogP contribution in [0, 0.1) is 6.92 Å². The summed E-state index contributed by atoms with van der Waals surface area (Å²) in [6.07, 6.45) is 3.10. The van der Waals surface area contributed by atoms with Crippen LogP contribution in [-0.4, -0.2) is 31.6 Å². The van der Waals surface area contributed by atoms with Crippen molar-refractivity contribution in [2.75, 3.05) is 7.11 Å². The molecule has 0 saturated heterocycles. The van der Waals surface area contributed by atoms with Crippen LogP contribution < -0.4 is 4.74 Å². The third-order valence-electron chi connectivity index (χ3n) is 2.85. The number of imidazole rings is 1. The van der Waals surface area contributed by atoms with Gasteiger partial charge >= 0.3 is 0 Å². The molecule has 0 spiro atoms. The SMILES string of the molecule is COc1ncnc2c1nc(CCl)n2Cc1ncc(C)o1. The predicted molar refractivity (Wildman–Crippen MR) is 71.8 cm³/mol. The highest BCUT2D eigenvalue weighted by atomic mass is 35.5. The van der Waals surface area contributed by atoms with Gasteiger partial charge in [0, 0.05) is 0 Å². The van der Waals surface area contributed by atoms with Gasteiger partial charge in [0.25, 0.3) is 0 Å². The van der Waals surface area contributed by atoms with E-state index < -0.39 is 0 Å². The van der Waals surface area contributed by atoms with E-state index in [9.17, 15) is 0 Å². The van der Waals surface area contributed by atoms with Gasteiger partial charge < -0.3 is 13.7 Å². The quantitative estimate of drug-likeness (QED) is 0.684. The van der Waals surface area contributed by atoms with Crippen LogP contribution in [0.25, 0.3) is 11.2 Å². The molecule has 0 unspecified atom stereocenters. The van der Waals surface area contributed by atoms with Crippen molar-refractivity contribution in [3.8, 4) is 5.88 Å². The molecular formula is C12H12ClN5O2. The number of hydrogen-bond acceptors (Lipinski definition) is 6. The number of nitrogens with zero attached hydrogens (tertiary/aromatic N) is 5. The summed E-state index contributed by atoms with van der Waals surface area (Å²) in [6, 6.07) is 0. The van der Waals surface area contributed by atoms with Crippen molar-refractivity contribution in [2.24, 2.45) is 0 Å². The van der Waals surface area contributed by atoms with Crippen molar-refractivity contribution in [2.45, 2.75) is 19.3 Å². The Balaban J connectivity index is 2.13. The molecule has 104 valence electrons. The van der Waals surface area contributed by atoms with Crippen LogP contribution in [0.3, 0.4) is 0 Å². The van der Waals surface area contributed by atoms with Gasteiger partial charge in [0.15, 0.2) is 11.2 Å². The zero-order valence-corrected chi connectivity index (χ0v) is 11.8. The Morgan fingerprint density at radius 1 is 1.35 bits per heavy atom. The number of rotatable bonds is 4. The molecule has 8 heteroatoms. The summed E-state index contributed by atoms with van der Waals surface area (Å²) in [6.45, 7) is 2.25. The lowest BCUT2D eigenvalue weighted by molar-refractivity contribution is 0.401. The number of methoxy groups -OCH3 is 1. The first-order chi connectivity index (χ1) is 9.72. The maximum absolute atomic E-state index is 5.95. The van der Waals surface area contributed by atoms with Crippen molar-refractivity contribution in [1.29, 1.82) is 0 Å². The standard InChI is InChI=1S/C12H12ClN5O2/c1-7-4-14-9(20-7)5-18-8(3-13)17-10-11(18)15-6-16-12(10)19-2/h4,6H,3,5H2,1-2H3. The van der Waals surface area contributed by atoms with E-state index >= 15 is 0 Å². The van der Waals surface area contributed by atoms with Crippen LogP contribution in [0.4, 0.5) is 0 Å². The molecule has 0 aliphatic heterocycles. The topological polar surface area (TPSA) is 78.9 Å². The van der Waals surface area contributed by atoms with E-state index in [1.54, 1.807) is 13.3 Å². The van der Waals surface area contributed by atoms with Crippen molar-refractivity contribution in [3.05, 3.63) is 30.0 Å². The largest absolute Gasteiger partial charge is 0.479 e. The minimum atomic E-state index is 0.249. The van der Waals surface area contributed by atoms with Crippen LogP contribution >= 0.6 is 11.6 Å². The first-order valence-electron chi connectivity index (χ1n) is 5.94. The smallest absolute Gasteiger partial charge is 0.245 e. The maximum Gasteiger partial charge on any atom is 0.245 e. The Bertz CT molecular complexity index is 751. The highest BCUT2D eigenvalue weighted by molar-refractivity contribution is 6.16. The second kappa shape index (κ2) is 5.09. The van der Waals surface area contributed by atoms with Gasteiger partial charge in [0.2, 0.25) is 11.8 Å². The fourth-order valence-electron chi connectivity index (χ4n) is 1.99. The predicted octanol–water partition coefficient (Wildman–Crippen LogP) is 1.92. The van der Waals surface area contributed by atoms with Crippen molar-refractivity contribution < 1.29 is 9.15 Å². The molecule has 7 nitrogen and oxygen atoms in total. The first-order valence-corrected chi connectivity index (χ1v) is 6.47. The van der Waals surface area contributed by atoms with Crippen LogP contribution in [0.15, 0.2) is 16.9 Å². The molecule has 20 heavy (non-hydrogen) atoms. The molecular weight excluding hydrogens is 282 g/mol. The van der Waals surface area contributed by atoms with Gasteiger partial charge in [0.05, 0.1) is 19.2 Å². The highest BCUT2D eigenvalue weighted by Crippen LogP contribution is 2.23. The monoisotopic (exact) mass is 293 g/mol. The molecule has 0 fully saturated rings. The number of ether oxygens (including phenoxy) is 1. The average Bonchev–Trinajstić information content (AvgIpc) is 3.03. The lowest BCUT2D eigenvalue weighted by atomic mass is 10.5. The molecule has 0 saturated carbocycles. The molecule has 0 aliphatic carbocycles. The third-order valence-corrected chi connectivity index (χ3v) is 3.09. The Kier molecular flexibility index (Phi) is 3.27. The van der Waals surface area contributed by atoms with E-state index in [0.717, 1.165) is 5.76 Å². The molecule has 0 bridgehead atoms. The number of halogens is 1. The summed E-state index contributed by atoms with van der Waals surface area (Å²) in [5.41, 5.74) is 1.22. The number of aryl methyl sites for hydroxylation is 1. The second-order valence-corrected chi connectivity index (χ2v) is 4.43. The van der Waals surface area contributed by atoms with Gasteiger partial charge in [0.1, 0.15) is 24.5 Å². The lowest BCUT2D eigenvalue weighted by Crippen LogP contribution is -2.05. The molecule has 3 heterocycles. The Hall–Kier alpha value is -2.15. The van der Waals surface area contributed by atoms with Gasteiger partial charge in [-0.25, -0.2) is 15.0 Å². The Labute approximate surface area is 119 Å². The number of aromatic nitrogens is 5. The molecule has 0 aromatic carbocycles. The minimum absolute atomic E-state index is 0.249. The summed E-state index contributed by atoms with van der Waals surface area (Å²) >= 11 is 5.95. The van der Waals surface area contributed by atoms with Crippen molar-refractivity contribution >= 4 is 22.8 Å². The van der Waals surface area contributed by atoms with E-state index in [1.165, 1.54) is 6.33 Å². The number of hydrogen-bond donors (Lipinski definition) is 0. The minimum Gasteiger partial charge on any atom is -0.479 e. The van der Waals surface area contributed by atoms with Crippen LogP contribution in [0.2, 0.25) is 0 Å². The molecule has 0 atom stereocenters. The normalized spacial score (nSPS) is 11.2. The Morgan fingerprint density at radius 3 is 2.85 bits per heavy atom. The second-order valence-electron chi connectivity index (χ2n) is 4.17. The molecule has 0 radical (unpaired) electrons. The van der Waals surface area contributed by atoms with Crippen LogP contribution in [0.5, 0.6) is 5.88 Å². The summed E-state index contributed by atoms with van der Waals surface area (Å²) < 4.78 is 12.5. The first kappa shape index (κ1) is 12.9. The zero-order chi connectivity index (χ0) is 14.1. The molecule has 3 aromatic heterocycles. The average molecular weight is 294 g/mol. The highest BCUT2D eigenvalue weighted by Gasteiger charge is 2.17. The summed E-state index contributed by atoms with van der Waals surface area (Å²) in [4.78, 5) is 16.9. The number of oxazole rings is 1. The van der Waals surface area contributed by atoms with Crippen LogP contribution in [-0.2, 0) is 12.4 Å². The van der Waals surface area contributed by atoms with E-state index in [1.807, 2.05) is 11.5 Å². The third kappa shape index (κ3) is 2.09. The molecule has 0 aliphatic rings. The molecule has 3 aromatic rings. The van der Waals surface area contributed by atoms with E-state index in [4.69, 9.17) is 20.8 Å². The van der Waals surface area contributed by atoms with Crippen molar-refractivity contribution in [1.82, 2.24) is 24.5 Å². The number of alkyl halides is 1. The summed E-state index contributed by atoms with van der Waals surface area (Å²) in [7, 11) is 1.54. The fraction of sp³-hybridized carbons (Fsp3) is 0.333. The molecule has 0 amide bonds. The van der Waals surface area contributed by atoms with Gasteiger partial charge in [-0.05, 0) is 6.92 Å². The number of fused-ring (bicyclic) bond motifs is 1. The molecule has 3 rings (SSSR count). The maximum atomic E-state index is 5.95. The summed E-state index contributed by atoms with van der Waals surface area (Å²) in [5, 5.41) is 0. The zero-order valence-electron chi connectivity index (χ0n) is 11.0. The lowest BCUT2D eigenvalue weighted by Gasteiger charge is -2.04. The van der Waals surface area contributed by atoms with E-state index in [2.05, 4.69) is 19.9 Å². The van der Waals surface area contributed by atoms with E-state index in [0.29, 0.717) is 35.3 Å². The van der Waals surface area contributed by atoms with Gasteiger partial charge in [-0.2, -0.15) is 4.98 Å². The fourth-order valence-corrected chi connectivity index (χ4v) is 2.19. The van der Waals surface area contributed by atoms with Gasteiger partial charge in [-0.15, -0.1) is 11.6 Å².